The molecule has 152 valence electrons. The summed E-state index contributed by atoms with van der Waals surface area (Å²) in [5.41, 5.74) is 0.962. The molecule has 2 aliphatic heterocycles. The molecule has 0 aliphatic carbocycles. The van der Waals surface area contributed by atoms with Gasteiger partial charge >= 0.3 is 0 Å². The summed E-state index contributed by atoms with van der Waals surface area (Å²) in [4.78, 5) is 5.16. The van der Waals surface area contributed by atoms with Crippen LogP contribution in [0.4, 0.5) is 10.1 Å². The van der Waals surface area contributed by atoms with Crippen LogP contribution in [0.15, 0.2) is 29.2 Å². The third-order valence-electron chi connectivity index (χ3n) is 5.72. The SMILES string of the molecule is CC(C)[C@H]1CN(c2cccc(S(C)(=O)=O)c2)CCN1C[C@H]1CCC(F)OC1. The van der Waals surface area contributed by atoms with Gasteiger partial charge in [0, 0.05) is 50.6 Å². The average molecular weight is 399 g/mol. The zero-order valence-electron chi connectivity index (χ0n) is 16.5. The minimum atomic E-state index is -3.21. The van der Waals surface area contributed by atoms with Crippen molar-refractivity contribution in [2.24, 2.45) is 11.8 Å². The summed E-state index contributed by atoms with van der Waals surface area (Å²) in [6.07, 6.45) is 1.52. The summed E-state index contributed by atoms with van der Waals surface area (Å²) in [6.45, 7) is 8.53. The van der Waals surface area contributed by atoms with Crippen LogP contribution in [-0.4, -0.2) is 64.8 Å². The van der Waals surface area contributed by atoms with Crippen LogP contribution in [0.5, 0.6) is 0 Å². The van der Waals surface area contributed by atoms with Crippen LogP contribution in [-0.2, 0) is 14.6 Å². The fraction of sp³-hybridized carbons (Fsp3) is 0.700. The number of alkyl halides is 1. The molecule has 1 aromatic carbocycles. The van der Waals surface area contributed by atoms with E-state index in [1.165, 1.54) is 6.26 Å². The van der Waals surface area contributed by atoms with Crippen LogP contribution in [0.2, 0.25) is 0 Å². The minimum absolute atomic E-state index is 0.364. The molecular formula is C20H31FN2O3S. The normalized spacial score (nSPS) is 27.9. The molecule has 1 aromatic rings. The summed E-state index contributed by atoms with van der Waals surface area (Å²) < 4.78 is 42.2. The zero-order chi connectivity index (χ0) is 19.6. The first-order valence-corrected chi connectivity index (χ1v) is 11.7. The fourth-order valence-electron chi connectivity index (χ4n) is 4.10. The highest BCUT2D eigenvalue weighted by Gasteiger charge is 2.32. The van der Waals surface area contributed by atoms with Gasteiger partial charge in [0.05, 0.1) is 11.5 Å². The van der Waals surface area contributed by atoms with Crippen LogP contribution >= 0.6 is 0 Å². The van der Waals surface area contributed by atoms with Gasteiger partial charge in [-0.25, -0.2) is 12.8 Å². The molecule has 1 unspecified atom stereocenters. The molecule has 7 heteroatoms. The van der Waals surface area contributed by atoms with E-state index >= 15 is 0 Å². The van der Waals surface area contributed by atoms with E-state index in [4.69, 9.17) is 4.74 Å². The molecule has 0 bridgehead atoms. The Morgan fingerprint density at radius 3 is 2.67 bits per heavy atom. The van der Waals surface area contributed by atoms with Crippen molar-refractivity contribution in [1.29, 1.82) is 0 Å². The number of halogens is 1. The lowest BCUT2D eigenvalue weighted by Crippen LogP contribution is -2.56. The van der Waals surface area contributed by atoms with Gasteiger partial charge in [-0.15, -0.1) is 0 Å². The molecule has 3 rings (SSSR count). The van der Waals surface area contributed by atoms with Crippen LogP contribution in [0.25, 0.3) is 0 Å². The molecule has 0 saturated carbocycles. The Morgan fingerprint density at radius 2 is 2.04 bits per heavy atom. The molecule has 3 atom stereocenters. The number of sulfone groups is 1. The first-order valence-electron chi connectivity index (χ1n) is 9.79. The highest BCUT2D eigenvalue weighted by molar-refractivity contribution is 7.90. The van der Waals surface area contributed by atoms with E-state index in [0.717, 1.165) is 38.3 Å². The monoisotopic (exact) mass is 398 g/mol. The number of hydrogen-bond acceptors (Lipinski definition) is 5. The average Bonchev–Trinajstić information content (AvgIpc) is 2.63. The largest absolute Gasteiger partial charge is 0.369 e. The predicted molar refractivity (Wildman–Crippen MR) is 106 cm³/mol. The summed E-state index contributed by atoms with van der Waals surface area (Å²) in [7, 11) is -3.21. The van der Waals surface area contributed by atoms with E-state index in [1.54, 1.807) is 12.1 Å². The Hall–Kier alpha value is -1.18. The molecule has 2 heterocycles. The third kappa shape index (κ3) is 5.21. The molecule has 0 aromatic heterocycles. The van der Waals surface area contributed by atoms with Crippen molar-refractivity contribution < 1.29 is 17.5 Å². The van der Waals surface area contributed by atoms with Gasteiger partial charge in [0.25, 0.3) is 0 Å². The van der Waals surface area contributed by atoms with Crippen molar-refractivity contribution in [3.63, 3.8) is 0 Å². The van der Waals surface area contributed by atoms with Crippen LogP contribution in [0.3, 0.4) is 0 Å². The first-order chi connectivity index (χ1) is 12.7. The van der Waals surface area contributed by atoms with Gasteiger partial charge in [-0.2, -0.15) is 0 Å². The van der Waals surface area contributed by atoms with E-state index < -0.39 is 16.2 Å². The number of nitrogens with zero attached hydrogens (tertiary/aromatic N) is 2. The second-order valence-corrected chi connectivity index (χ2v) is 10.2. The summed E-state index contributed by atoms with van der Waals surface area (Å²) in [5.74, 6) is 0.864. The van der Waals surface area contributed by atoms with Crippen molar-refractivity contribution in [1.82, 2.24) is 4.90 Å². The van der Waals surface area contributed by atoms with Crippen molar-refractivity contribution in [3.8, 4) is 0 Å². The molecular weight excluding hydrogens is 367 g/mol. The van der Waals surface area contributed by atoms with E-state index in [0.29, 0.717) is 35.8 Å². The van der Waals surface area contributed by atoms with Crippen molar-refractivity contribution in [2.75, 3.05) is 43.9 Å². The molecule has 5 nitrogen and oxygen atoms in total. The molecule has 0 radical (unpaired) electrons. The second-order valence-electron chi connectivity index (χ2n) is 8.21. The number of benzene rings is 1. The Bertz CT molecular complexity index is 732. The molecule has 2 saturated heterocycles. The van der Waals surface area contributed by atoms with Crippen LogP contribution in [0, 0.1) is 11.8 Å². The van der Waals surface area contributed by atoms with Gasteiger partial charge in [-0.05, 0) is 36.5 Å². The van der Waals surface area contributed by atoms with E-state index in [2.05, 4.69) is 23.6 Å². The van der Waals surface area contributed by atoms with Gasteiger partial charge in [0.15, 0.2) is 16.2 Å². The van der Waals surface area contributed by atoms with Crippen molar-refractivity contribution in [3.05, 3.63) is 24.3 Å². The molecule has 0 amide bonds. The number of anilines is 1. The van der Waals surface area contributed by atoms with Gasteiger partial charge in [-0.1, -0.05) is 19.9 Å². The highest BCUT2D eigenvalue weighted by Crippen LogP contribution is 2.27. The second kappa shape index (κ2) is 8.45. The maximum Gasteiger partial charge on any atom is 0.198 e. The molecule has 0 spiro atoms. The smallest absolute Gasteiger partial charge is 0.198 e. The Labute approximate surface area is 162 Å². The van der Waals surface area contributed by atoms with E-state index in [-0.39, 0.29) is 0 Å². The minimum Gasteiger partial charge on any atom is -0.369 e. The van der Waals surface area contributed by atoms with Crippen molar-refractivity contribution >= 4 is 15.5 Å². The lowest BCUT2D eigenvalue weighted by atomic mass is 9.95. The van der Waals surface area contributed by atoms with Gasteiger partial charge in [0.1, 0.15) is 0 Å². The molecule has 2 aliphatic rings. The lowest BCUT2D eigenvalue weighted by molar-refractivity contribution is -0.0964. The number of hydrogen-bond donors (Lipinski definition) is 0. The number of rotatable bonds is 5. The molecule has 2 fully saturated rings. The first kappa shape index (κ1) is 20.6. The summed E-state index contributed by atoms with van der Waals surface area (Å²) in [5, 5.41) is 0. The van der Waals surface area contributed by atoms with Gasteiger partial charge in [-0.3, -0.25) is 4.90 Å². The van der Waals surface area contributed by atoms with Crippen LogP contribution < -0.4 is 4.90 Å². The standard InChI is InChI=1S/C20H31FN2O3S/c1-15(2)19-13-22(17-5-4-6-18(11-17)27(3,24)25)9-10-23(19)12-16-7-8-20(21)26-14-16/h4-6,11,15-16,19-20H,7-10,12-14H2,1-3H3/t16-,19-,20?/m1/s1. The summed E-state index contributed by atoms with van der Waals surface area (Å²) in [6, 6.07) is 7.60. The maximum absolute atomic E-state index is 13.2. The Balaban J connectivity index is 1.69. The van der Waals surface area contributed by atoms with E-state index in [9.17, 15) is 12.8 Å². The number of ether oxygens (including phenoxy) is 1. The predicted octanol–water partition coefficient (Wildman–Crippen LogP) is 2.96. The summed E-state index contributed by atoms with van der Waals surface area (Å²) >= 11 is 0. The van der Waals surface area contributed by atoms with E-state index in [1.807, 2.05) is 12.1 Å². The topological polar surface area (TPSA) is 49.9 Å². The van der Waals surface area contributed by atoms with Crippen LogP contribution in [0.1, 0.15) is 26.7 Å². The fourth-order valence-corrected chi connectivity index (χ4v) is 4.76. The Morgan fingerprint density at radius 1 is 1.26 bits per heavy atom. The highest BCUT2D eigenvalue weighted by atomic mass is 32.2. The lowest BCUT2D eigenvalue weighted by Gasteiger charge is -2.46. The number of piperazine rings is 1. The quantitative estimate of drug-likeness (QED) is 0.763. The zero-order valence-corrected chi connectivity index (χ0v) is 17.3. The third-order valence-corrected chi connectivity index (χ3v) is 6.83. The Kier molecular flexibility index (Phi) is 6.43. The van der Waals surface area contributed by atoms with Gasteiger partial charge in [0.2, 0.25) is 0 Å². The molecule has 27 heavy (non-hydrogen) atoms. The van der Waals surface area contributed by atoms with Crippen molar-refractivity contribution in [2.45, 2.75) is 44.0 Å². The molecule has 0 N–H and O–H groups in total. The maximum atomic E-state index is 13.2. The van der Waals surface area contributed by atoms with Gasteiger partial charge < -0.3 is 9.64 Å².